The summed E-state index contributed by atoms with van der Waals surface area (Å²) in [6.07, 6.45) is 8.09. The molecule has 0 saturated heterocycles. The monoisotopic (exact) mass is 434 g/mol. The molecule has 1 saturated carbocycles. The highest BCUT2D eigenvalue weighted by atomic mass is 16.5. The van der Waals surface area contributed by atoms with E-state index in [0.717, 1.165) is 40.6 Å². The molecule has 0 unspecified atom stereocenters. The van der Waals surface area contributed by atoms with Crippen molar-refractivity contribution < 1.29 is 19.1 Å². The number of nitrogens with one attached hydrogen (secondary N) is 2. The second kappa shape index (κ2) is 10.4. The smallest absolute Gasteiger partial charge is 0.328 e. The lowest BCUT2D eigenvalue weighted by Crippen LogP contribution is -2.43. The predicted molar refractivity (Wildman–Crippen MR) is 124 cm³/mol. The Bertz CT molecular complexity index is 1070. The minimum Gasteiger partial charge on any atom is -0.490 e. The molecule has 0 radical (unpaired) electrons. The lowest BCUT2D eigenvalue weighted by Gasteiger charge is -2.17. The molecule has 1 aromatic heterocycles. The summed E-state index contributed by atoms with van der Waals surface area (Å²) in [5.41, 5.74) is 3.01. The Labute approximate surface area is 188 Å². The minimum atomic E-state index is -0.733. The Morgan fingerprint density at radius 3 is 2.75 bits per heavy atom. The van der Waals surface area contributed by atoms with E-state index in [2.05, 4.69) is 10.3 Å². The van der Waals surface area contributed by atoms with Gasteiger partial charge in [0.05, 0.1) is 13.2 Å². The first-order valence-electron chi connectivity index (χ1n) is 11.3. The van der Waals surface area contributed by atoms with Crippen molar-refractivity contribution in [3.63, 3.8) is 0 Å². The number of aryl methyl sites for hydroxylation is 1. The third-order valence-electron chi connectivity index (χ3n) is 6.06. The van der Waals surface area contributed by atoms with Crippen LogP contribution in [0.25, 0.3) is 10.9 Å². The number of hydrogen-bond acceptors (Lipinski definition) is 4. The van der Waals surface area contributed by atoms with E-state index in [1.54, 1.807) is 0 Å². The average Bonchev–Trinajstić information content (AvgIpc) is 3.47. The van der Waals surface area contributed by atoms with Gasteiger partial charge in [0.1, 0.15) is 11.8 Å². The molecule has 1 heterocycles. The van der Waals surface area contributed by atoms with Gasteiger partial charge in [0.25, 0.3) is 0 Å². The molecule has 2 N–H and O–H groups in total. The maximum absolute atomic E-state index is 12.6. The lowest BCUT2D eigenvalue weighted by molar-refractivity contribution is -0.145. The molecular formula is C26H30N2O4. The molecule has 168 valence electrons. The normalized spacial score (nSPS) is 14.9. The lowest BCUT2D eigenvalue weighted by atomic mass is 10.0. The Morgan fingerprint density at radius 2 is 1.94 bits per heavy atom. The van der Waals surface area contributed by atoms with E-state index in [0.29, 0.717) is 18.9 Å². The standard InChI is InChI=1S/C26H30N2O4/c1-31-26(30)24(16-19-17-27-23-12-5-4-11-22(19)23)28-25(29)14-13-18-7-6-10-21(15-18)32-20-8-2-3-9-20/h4-7,10-12,15,17,20,24,27H,2-3,8-9,13-14,16H2,1H3,(H,28,29)/t24-/m1/s1. The van der Waals surface area contributed by atoms with Crippen LogP contribution in [0.2, 0.25) is 0 Å². The fourth-order valence-corrected chi connectivity index (χ4v) is 4.35. The molecule has 1 aliphatic rings. The summed E-state index contributed by atoms with van der Waals surface area (Å²) in [6, 6.07) is 15.1. The quantitative estimate of drug-likeness (QED) is 0.492. The van der Waals surface area contributed by atoms with Crippen molar-refractivity contribution >= 4 is 22.8 Å². The van der Waals surface area contributed by atoms with Crippen LogP contribution in [0.4, 0.5) is 0 Å². The second-order valence-corrected chi connectivity index (χ2v) is 8.38. The van der Waals surface area contributed by atoms with Crippen molar-refractivity contribution in [2.45, 2.75) is 57.1 Å². The summed E-state index contributed by atoms with van der Waals surface area (Å²) in [5.74, 6) is 0.236. The van der Waals surface area contributed by atoms with Gasteiger partial charge in [-0.05, 0) is 61.4 Å². The number of methoxy groups -OCH3 is 1. The van der Waals surface area contributed by atoms with Gasteiger partial charge >= 0.3 is 5.97 Å². The summed E-state index contributed by atoms with van der Waals surface area (Å²) in [5, 5.41) is 3.89. The highest BCUT2D eigenvalue weighted by Crippen LogP contribution is 2.25. The molecule has 2 aromatic carbocycles. The molecule has 32 heavy (non-hydrogen) atoms. The Morgan fingerprint density at radius 1 is 1.12 bits per heavy atom. The van der Waals surface area contributed by atoms with Crippen LogP contribution in [0.3, 0.4) is 0 Å². The van der Waals surface area contributed by atoms with Gasteiger partial charge in [0.2, 0.25) is 5.91 Å². The fourth-order valence-electron chi connectivity index (χ4n) is 4.35. The number of benzene rings is 2. The third-order valence-corrected chi connectivity index (χ3v) is 6.06. The molecule has 1 amide bonds. The van der Waals surface area contributed by atoms with Crippen molar-refractivity contribution in [3.05, 3.63) is 65.9 Å². The number of carbonyl (C=O) groups is 2. The number of rotatable bonds is 9. The van der Waals surface area contributed by atoms with Crippen molar-refractivity contribution in [2.75, 3.05) is 7.11 Å². The average molecular weight is 435 g/mol. The zero-order valence-electron chi connectivity index (χ0n) is 18.4. The number of para-hydroxylation sites is 1. The van der Waals surface area contributed by atoms with Gasteiger partial charge in [-0.15, -0.1) is 0 Å². The van der Waals surface area contributed by atoms with Gasteiger partial charge in [-0.1, -0.05) is 30.3 Å². The van der Waals surface area contributed by atoms with Crippen LogP contribution in [-0.2, 0) is 27.2 Å². The zero-order chi connectivity index (χ0) is 22.3. The summed E-state index contributed by atoms with van der Waals surface area (Å²) in [4.78, 5) is 28.2. The number of H-pyrrole nitrogens is 1. The molecule has 0 spiro atoms. The Kier molecular flexibility index (Phi) is 7.10. The maximum Gasteiger partial charge on any atom is 0.328 e. The number of amides is 1. The summed E-state index contributed by atoms with van der Waals surface area (Å²) >= 11 is 0. The highest BCUT2D eigenvalue weighted by Gasteiger charge is 2.23. The summed E-state index contributed by atoms with van der Waals surface area (Å²) < 4.78 is 11.0. The van der Waals surface area contributed by atoms with Crippen molar-refractivity contribution in [1.82, 2.24) is 10.3 Å². The zero-order valence-corrected chi connectivity index (χ0v) is 18.4. The molecule has 1 fully saturated rings. The fraction of sp³-hybridized carbons (Fsp3) is 0.385. The molecule has 0 bridgehead atoms. The first-order valence-corrected chi connectivity index (χ1v) is 11.3. The van der Waals surface area contributed by atoms with Crippen LogP contribution >= 0.6 is 0 Å². The van der Waals surface area contributed by atoms with Gasteiger partial charge in [-0.2, -0.15) is 0 Å². The number of esters is 1. The maximum atomic E-state index is 12.6. The van der Waals surface area contributed by atoms with Crippen LogP contribution in [0.5, 0.6) is 5.75 Å². The van der Waals surface area contributed by atoms with E-state index in [1.165, 1.54) is 20.0 Å². The van der Waals surface area contributed by atoms with Crippen molar-refractivity contribution in [3.8, 4) is 5.75 Å². The third kappa shape index (κ3) is 5.49. The molecule has 6 heteroatoms. The molecular weight excluding hydrogens is 404 g/mol. The molecule has 3 aromatic rings. The van der Waals surface area contributed by atoms with Gasteiger partial charge in [0.15, 0.2) is 0 Å². The van der Waals surface area contributed by atoms with Crippen LogP contribution in [0.15, 0.2) is 54.7 Å². The first kappa shape index (κ1) is 21.9. The SMILES string of the molecule is COC(=O)[C@@H](Cc1c[nH]c2ccccc12)NC(=O)CCc1cccc(OC2CCCC2)c1. The molecule has 0 aliphatic heterocycles. The Hall–Kier alpha value is -3.28. The number of aromatic amines is 1. The first-order chi connectivity index (χ1) is 15.6. The number of carbonyl (C=O) groups excluding carboxylic acids is 2. The predicted octanol–water partition coefficient (Wildman–Crippen LogP) is 4.32. The largest absolute Gasteiger partial charge is 0.490 e. The number of ether oxygens (including phenoxy) is 2. The summed E-state index contributed by atoms with van der Waals surface area (Å²) in [6.45, 7) is 0. The van der Waals surface area contributed by atoms with E-state index in [9.17, 15) is 9.59 Å². The van der Waals surface area contributed by atoms with E-state index in [1.807, 2.05) is 54.7 Å². The van der Waals surface area contributed by atoms with Gasteiger partial charge in [0, 0.05) is 29.9 Å². The Balaban J connectivity index is 1.35. The van der Waals surface area contributed by atoms with E-state index in [4.69, 9.17) is 9.47 Å². The number of fused-ring (bicyclic) bond motifs is 1. The van der Waals surface area contributed by atoms with Gasteiger partial charge in [-0.3, -0.25) is 4.79 Å². The van der Waals surface area contributed by atoms with E-state index in [-0.39, 0.29) is 12.3 Å². The minimum absolute atomic E-state index is 0.178. The molecule has 1 atom stereocenters. The van der Waals surface area contributed by atoms with Crippen molar-refractivity contribution in [2.24, 2.45) is 0 Å². The van der Waals surface area contributed by atoms with Gasteiger partial charge in [-0.25, -0.2) is 4.79 Å². The number of aromatic nitrogens is 1. The van der Waals surface area contributed by atoms with Crippen LogP contribution in [0, 0.1) is 0 Å². The van der Waals surface area contributed by atoms with Gasteiger partial charge < -0.3 is 19.8 Å². The van der Waals surface area contributed by atoms with Crippen molar-refractivity contribution in [1.29, 1.82) is 0 Å². The second-order valence-electron chi connectivity index (χ2n) is 8.38. The number of hydrogen-bond donors (Lipinski definition) is 2. The topological polar surface area (TPSA) is 80.4 Å². The van der Waals surface area contributed by atoms with Crippen LogP contribution in [0.1, 0.15) is 43.2 Å². The van der Waals surface area contributed by atoms with Crippen LogP contribution in [-0.4, -0.2) is 36.1 Å². The molecule has 4 rings (SSSR count). The van der Waals surface area contributed by atoms with E-state index < -0.39 is 12.0 Å². The summed E-state index contributed by atoms with van der Waals surface area (Å²) in [7, 11) is 1.34. The highest BCUT2D eigenvalue weighted by molar-refractivity contribution is 5.87. The molecule has 6 nitrogen and oxygen atoms in total. The van der Waals surface area contributed by atoms with E-state index >= 15 is 0 Å². The molecule has 1 aliphatic carbocycles. The van der Waals surface area contributed by atoms with Crippen LogP contribution < -0.4 is 10.1 Å².